The van der Waals surface area contributed by atoms with Crippen molar-refractivity contribution in [3.8, 4) is 11.5 Å². The zero-order valence-corrected chi connectivity index (χ0v) is 11.8. The first-order chi connectivity index (χ1) is 10.9. The summed E-state index contributed by atoms with van der Waals surface area (Å²) >= 11 is 0. The van der Waals surface area contributed by atoms with E-state index in [1.54, 1.807) is 18.2 Å². The Labute approximate surface area is 130 Å². The average molecular weight is 326 g/mol. The molecule has 0 saturated heterocycles. The molecule has 0 saturated carbocycles. The van der Waals surface area contributed by atoms with Gasteiger partial charge in [-0.3, -0.25) is 9.78 Å². The van der Waals surface area contributed by atoms with Crippen LogP contribution >= 0.6 is 0 Å². The van der Waals surface area contributed by atoms with Gasteiger partial charge in [0.15, 0.2) is 24.7 Å². The fourth-order valence-corrected chi connectivity index (χ4v) is 1.62. The summed E-state index contributed by atoms with van der Waals surface area (Å²) < 4.78 is 46.5. The maximum absolute atomic E-state index is 12.2. The van der Waals surface area contributed by atoms with Crippen molar-refractivity contribution in [3.05, 3.63) is 48.8 Å². The van der Waals surface area contributed by atoms with Gasteiger partial charge in [-0.1, -0.05) is 12.1 Å². The van der Waals surface area contributed by atoms with Gasteiger partial charge < -0.3 is 14.8 Å². The standard InChI is InChI=1S/C15H13F3N2O3/c16-15(17,18)10-23-13-4-2-1-3-12(13)22-9-14(21)20-11-5-7-19-8-6-11/h1-8H,9-10H2,(H,19,20,21). The molecule has 0 bridgehead atoms. The third-order valence-corrected chi connectivity index (χ3v) is 2.56. The summed E-state index contributed by atoms with van der Waals surface area (Å²) in [5.74, 6) is -0.481. The van der Waals surface area contributed by atoms with Crippen molar-refractivity contribution in [2.24, 2.45) is 0 Å². The number of hydrogen-bond donors (Lipinski definition) is 1. The van der Waals surface area contributed by atoms with E-state index in [-0.39, 0.29) is 18.1 Å². The summed E-state index contributed by atoms with van der Waals surface area (Å²) in [5, 5.41) is 2.56. The van der Waals surface area contributed by atoms with E-state index in [4.69, 9.17) is 4.74 Å². The van der Waals surface area contributed by atoms with E-state index in [0.717, 1.165) is 0 Å². The SMILES string of the molecule is O=C(COc1ccccc1OCC(F)(F)F)Nc1ccncc1. The first kappa shape index (κ1) is 16.6. The Morgan fingerprint density at radius 3 is 2.26 bits per heavy atom. The Morgan fingerprint density at radius 2 is 1.65 bits per heavy atom. The second-order valence-corrected chi connectivity index (χ2v) is 4.42. The Morgan fingerprint density at radius 1 is 1.04 bits per heavy atom. The van der Waals surface area contributed by atoms with E-state index in [1.165, 1.54) is 30.6 Å². The summed E-state index contributed by atoms with van der Waals surface area (Å²) in [6.07, 6.45) is -1.43. The van der Waals surface area contributed by atoms with Gasteiger partial charge >= 0.3 is 6.18 Å². The van der Waals surface area contributed by atoms with Crippen LogP contribution in [0.2, 0.25) is 0 Å². The molecule has 1 aromatic carbocycles. The van der Waals surface area contributed by atoms with E-state index in [1.807, 2.05) is 0 Å². The summed E-state index contributed by atoms with van der Waals surface area (Å²) in [6.45, 7) is -1.80. The van der Waals surface area contributed by atoms with Gasteiger partial charge in [0.05, 0.1) is 0 Å². The van der Waals surface area contributed by atoms with Crippen LogP contribution in [0, 0.1) is 0 Å². The normalized spacial score (nSPS) is 10.9. The molecule has 8 heteroatoms. The first-order valence-electron chi connectivity index (χ1n) is 6.55. The minimum absolute atomic E-state index is 0.0571. The van der Waals surface area contributed by atoms with E-state index < -0.39 is 18.7 Å². The zero-order chi connectivity index (χ0) is 16.7. The number of rotatable bonds is 6. The van der Waals surface area contributed by atoms with E-state index >= 15 is 0 Å². The Kier molecular flexibility index (Phi) is 5.40. The van der Waals surface area contributed by atoms with Crippen molar-refractivity contribution < 1.29 is 27.4 Å². The first-order valence-corrected chi connectivity index (χ1v) is 6.55. The van der Waals surface area contributed by atoms with Crippen molar-refractivity contribution in [1.29, 1.82) is 0 Å². The fourth-order valence-electron chi connectivity index (χ4n) is 1.62. The number of alkyl halides is 3. The lowest BCUT2D eigenvalue weighted by atomic mass is 10.3. The van der Waals surface area contributed by atoms with Gasteiger partial charge in [-0.25, -0.2) is 0 Å². The number of halogens is 3. The predicted octanol–water partition coefficient (Wildman–Crippen LogP) is 3.04. The van der Waals surface area contributed by atoms with Crippen molar-refractivity contribution in [2.45, 2.75) is 6.18 Å². The average Bonchev–Trinajstić information content (AvgIpc) is 2.52. The molecule has 1 amide bonds. The lowest BCUT2D eigenvalue weighted by molar-refractivity contribution is -0.153. The summed E-state index contributed by atoms with van der Waals surface area (Å²) in [6, 6.07) is 9.02. The van der Waals surface area contributed by atoms with Gasteiger partial charge in [-0.15, -0.1) is 0 Å². The van der Waals surface area contributed by atoms with Crippen molar-refractivity contribution in [2.75, 3.05) is 18.5 Å². The molecule has 0 aliphatic heterocycles. The Balaban J connectivity index is 1.91. The Hall–Kier alpha value is -2.77. The van der Waals surface area contributed by atoms with E-state index in [2.05, 4.69) is 15.0 Å². The molecule has 0 aliphatic rings. The molecular weight excluding hydrogens is 313 g/mol. The van der Waals surface area contributed by atoms with Gasteiger partial charge in [-0.05, 0) is 24.3 Å². The van der Waals surface area contributed by atoms with Crippen molar-refractivity contribution in [3.63, 3.8) is 0 Å². The number of carbonyl (C=O) groups excluding carboxylic acids is 1. The molecule has 1 aromatic heterocycles. The molecule has 1 heterocycles. The molecule has 0 unspecified atom stereocenters. The number of carbonyl (C=O) groups is 1. The molecule has 23 heavy (non-hydrogen) atoms. The second kappa shape index (κ2) is 7.48. The van der Waals surface area contributed by atoms with E-state index in [0.29, 0.717) is 5.69 Å². The summed E-state index contributed by atoms with van der Waals surface area (Å²) in [4.78, 5) is 15.5. The highest BCUT2D eigenvalue weighted by Gasteiger charge is 2.29. The van der Waals surface area contributed by atoms with Crippen LogP contribution in [-0.4, -0.2) is 30.3 Å². The summed E-state index contributed by atoms with van der Waals surface area (Å²) in [5.41, 5.74) is 0.537. The van der Waals surface area contributed by atoms with Crippen LogP contribution in [0.5, 0.6) is 11.5 Å². The maximum atomic E-state index is 12.2. The topological polar surface area (TPSA) is 60.5 Å². The molecule has 2 aromatic rings. The highest BCUT2D eigenvalue weighted by atomic mass is 19.4. The smallest absolute Gasteiger partial charge is 0.422 e. The molecule has 0 radical (unpaired) electrons. The minimum Gasteiger partial charge on any atom is -0.480 e. The van der Waals surface area contributed by atoms with Gasteiger partial charge in [0.25, 0.3) is 5.91 Å². The molecule has 0 atom stereocenters. The Bertz CT molecular complexity index is 648. The number of hydrogen-bond acceptors (Lipinski definition) is 4. The van der Waals surface area contributed by atoms with Crippen molar-refractivity contribution >= 4 is 11.6 Å². The van der Waals surface area contributed by atoms with Crippen LogP contribution < -0.4 is 14.8 Å². The largest absolute Gasteiger partial charge is 0.480 e. The van der Waals surface area contributed by atoms with Gasteiger partial charge in [0, 0.05) is 18.1 Å². The molecule has 0 aliphatic carbocycles. The van der Waals surface area contributed by atoms with Gasteiger partial charge in [-0.2, -0.15) is 13.2 Å². The monoisotopic (exact) mass is 326 g/mol. The highest BCUT2D eigenvalue weighted by Crippen LogP contribution is 2.28. The van der Waals surface area contributed by atoms with Crippen LogP contribution in [-0.2, 0) is 4.79 Å². The minimum atomic E-state index is -4.45. The number of anilines is 1. The highest BCUT2D eigenvalue weighted by molar-refractivity contribution is 5.91. The number of nitrogens with zero attached hydrogens (tertiary/aromatic N) is 1. The number of pyridine rings is 1. The number of aromatic nitrogens is 1. The lowest BCUT2D eigenvalue weighted by Gasteiger charge is -2.13. The molecule has 5 nitrogen and oxygen atoms in total. The van der Waals surface area contributed by atoms with Crippen LogP contribution in [0.1, 0.15) is 0 Å². The van der Waals surface area contributed by atoms with Crippen LogP contribution in [0.4, 0.5) is 18.9 Å². The van der Waals surface area contributed by atoms with Crippen molar-refractivity contribution in [1.82, 2.24) is 4.98 Å². The summed E-state index contributed by atoms with van der Waals surface area (Å²) in [7, 11) is 0. The van der Waals surface area contributed by atoms with Crippen LogP contribution in [0.15, 0.2) is 48.8 Å². The van der Waals surface area contributed by atoms with Crippen LogP contribution in [0.25, 0.3) is 0 Å². The molecule has 0 spiro atoms. The zero-order valence-electron chi connectivity index (χ0n) is 11.8. The number of nitrogens with one attached hydrogen (secondary N) is 1. The maximum Gasteiger partial charge on any atom is 0.422 e. The number of benzene rings is 1. The second-order valence-electron chi connectivity index (χ2n) is 4.42. The number of amides is 1. The van der Waals surface area contributed by atoms with E-state index in [9.17, 15) is 18.0 Å². The molecule has 1 N–H and O–H groups in total. The third-order valence-electron chi connectivity index (χ3n) is 2.56. The van der Waals surface area contributed by atoms with Gasteiger partial charge in [0.1, 0.15) is 0 Å². The number of ether oxygens (including phenoxy) is 2. The molecule has 2 rings (SSSR count). The number of para-hydroxylation sites is 2. The van der Waals surface area contributed by atoms with Gasteiger partial charge in [0.2, 0.25) is 0 Å². The predicted molar refractivity (Wildman–Crippen MR) is 76.4 cm³/mol. The molecule has 122 valence electrons. The fraction of sp³-hybridized carbons (Fsp3) is 0.200. The van der Waals surface area contributed by atoms with Crippen LogP contribution in [0.3, 0.4) is 0 Å². The quantitative estimate of drug-likeness (QED) is 0.886. The molecular formula is C15H13F3N2O3. The lowest BCUT2D eigenvalue weighted by Crippen LogP contribution is -2.21. The third kappa shape index (κ3) is 5.85. The molecule has 0 fully saturated rings.